The molecule has 0 radical (unpaired) electrons. The van der Waals surface area contributed by atoms with E-state index in [2.05, 4.69) is 9.97 Å². The third-order valence-electron chi connectivity index (χ3n) is 1.13. The van der Waals surface area contributed by atoms with Gasteiger partial charge >= 0.3 is 20.8 Å². The summed E-state index contributed by atoms with van der Waals surface area (Å²) in [5, 5.41) is 0. The summed E-state index contributed by atoms with van der Waals surface area (Å²) < 4.78 is 63.2. The van der Waals surface area contributed by atoms with Gasteiger partial charge in [0.2, 0.25) is 0 Å². The van der Waals surface area contributed by atoms with Crippen LogP contribution in [0.4, 0.5) is 0 Å². The van der Waals surface area contributed by atoms with Crippen LogP contribution >= 0.6 is 0 Å². The molecule has 10 nitrogen and oxygen atoms in total. The summed E-state index contributed by atoms with van der Waals surface area (Å²) in [4.78, 5) is 7.57. The van der Waals surface area contributed by atoms with E-state index in [9.17, 15) is 0 Å². The van der Waals surface area contributed by atoms with Crippen LogP contribution in [0.25, 0.3) is 0 Å². The molecule has 2 aromatic rings. The fourth-order valence-corrected chi connectivity index (χ4v) is 0.625. The molecular formula is C10H14N2O8S2. The standard InChI is InChI=1S/2C5H5N.2H2O4S/c2*1-2-4-6-5-3-1;2*1-5(2,3)4/h2*1-5H;2*(H2,1,2,3,4). The number of hydrogen-bond donors (Lipinski definition) is 4. The molecule has 0 aliphatic rings. The highest BCUT2D eigenvalue weighted by Crippen LogP contribution is 1.74. The first-order chi connectivity index (χ1) is 10.0. The van der Waals surface area contributed by atoms with Crippen LogP contribution in [0.2, 0.25) is 0 Å². The lowest BCUT2D eigenvalue weighted by Gasteiger charge is -1.70. The largest absolute Gasteiger partial charge is 0.394 e. The van der Waals surface area contributed by atoms with Crippen molar-refractivity contribution in [3.8, 4) is 0 Å². The molecular weight excluding hydrogens is 340 g/mol. The highest BCUT2D eigenvalue weighted by atomic mass is 32.3. The molecule has 4 N–H and O–H groups in total. The molecule has 22 heavy (non-hydrogen) atoms. The van der Waals surface area contributed by atoms with Crippen molar-refractivity contribution in [1.29, 1.82) is 0 Å². The van der Waals surface area contributed by atoms with Crippen LogP contribution < -0.4 is 0 Å². The Morgan fingerprint density at radius 2 is 0.682 bits per heavy atom. The monoisotopic (exact) mass is 354 g/mol. The quantitative estimate of drug-likeness (QED) is 0.496. The second kappa shape index (κ2) is 12.8. The summed E-state index contributed by atoms with van der Waals surface area (Å²) in [5.41, 5.74) is 0. The molecule has 0 unspecified atom stereocenters. The number of aromatic nitrogens is 2. The van der Waals surface area contributed by atoms with Crippen LogP contribution in [0, 0.1) is 0 Å². The maximum Gasteiger partial charge on any atom is 0.394 e. The Kier molecular flexibility index (Phi) is 12.9. The van der Waals surface area contributed by atoms with Crippen LogP contribution in [0.3, 0.4) is 0 Å². The normalized spacial score (nSPS) is 9.64. The Hall–Kier alpha value is -1.96. The zero-order valence-corrected chi connectivity index (χ0v) is 12.5. The topological polar surface area (TPSA) is 175 Å². The Morgan fingerprint density at radius 1 is 0.500 bits per heavy atom. The third kappa shape index (κ3) is 52.0. The first-order valence-electron chi connectivity index (χ1n) is 5.10. The zero-order chi connectivity index (χ0) is 17.5. The van der Waals surface area contributed by atoms with Crippen molar-refractivity contribution in [1.82, 2.24) is 9.97 Å². The Morgan fingerprint density at radius 3 is 0.727 bits per heavy atom. The van der Waals surface area contributed by atoms with E-state index in [1.54, 1.807) is 24.8 Å². The van der Waals surface area contributed by atoms with Crippen molar-refractivity contribution < 1.29 is 35.0 Å². The lowest BCUT2D eigenvalue weighted by atomic mass is 10.5. The van der Waals surface area contributed by atoms with Gasteiger partial charge in [0.15, 0.2) is 0 Å². The van der Waals surface area contributed by atoms with E-state index in [0.29, 0.717) is 0 Å². The van der Waals surface area contributed by atoms with E-state index < -0.39 is 20.8 Å². The van der Waals surface area contributed by atoms with Crippen molar-refractivity contribution >= 4 is 20.8 Å². The predicted molar refractivity (Wildman–Crippen MR) is 76.8 cm³/mol. The molecule has 2 heterocycles. The van der Waals surface area contributed by atoms with Gasteiger partial charge in [-0.25, -0.2) is 0 Å². The second-order valence-electron chi connectivity index (χ2n) is 2.94. The lowest BCUT2D eigenvalue weighted by molar-refractivity contribution is 0.378. The van der Waals surface area contributed by atoms with Gasteiger partial charge in [0.1, 0.15) is 0 Å². The molecule has 0 saturated heterocycles. The average molecular weight is 354 g/mol. The fraction of sp³-hybridized carbons (Fsp3) is 0. The van der Waals surface area contributed by atoms with Crippen LogP contribution in [0.15, 0.2) is 61.2 Å². The molecule has 0 aromatic carbocycles. The van der Waals surface area contributed by atoms with E-state index in [4.69, 9.17) is 35.0 Å². The van der Waals surface area contributed by atoms with Crippen LogP contribution in [-0.4, -0.2) is 45.0 Å². The van der Waals surface area contributed by atoms with Crippen molar-refractivity contribution in [2.45, 2.75) is 0 Å². The minimum Gasteiger partial charge on any atom is -0.265 e. The maximum atomic E-state index is 8.74. The van der Waals surface area contributed by atoms with Gasteiger partial charge in [0, 0.05) is 24.8 Å². The molecule has 0 bridgehead atoms. The summed E-state index contributed by atoms with van der Waals surface area (Å²) >= 11 is 0. The minimum atomic E-state index is -4.67. The summed E-state index contributed by atoms with van der Waals surface area (Å²) in [5.74, 6) is 0. The number of hydrogen-bond acceptors (Lipinski definition) is 6. The van der Waals surface area contributed by atoms with Crippen molar-refractivity contribution in [3.63, 3.8) is 0 Å². The molecule has 0 aliphatic heterocycles. The zero-order valence-electron chi connectivity index (χ0n) is 10.9. The van der Waals surface area contributed by atoms with Gasteiger partial charge in [-0.15, -0.1) is 0 Å². The third-order valence-corrected chi connectivity index (χ3v) is 1.13. The first kappa shape index (κ1) is 22.3. The van der Waals surface area contributed by atoms with Crippen molar-refractivity contribution in [2.75, 3.05) is 0 Å². The van der Waals surface area contributed by atoms with E-state index in [0.717, 1.165) is 0 Å². The summed E-state index contributed by atoms with van der Waals surface area (Å²) in [6, 6.07) is 11.4. The Balaban J connectivity index is 0. The summed E-state index contributed by atoms with van der Waals surface area (Å²) in [6.45, 7) is 0. The summed E-state index contributed by atoms with van der Waals surface area (Å²) in [7, 11) is -9.33. The molecule has 124 valence electrons. The highest BCUT2D eigenvalue weighted by Gasteiger charge is 1.85. The van der Waals surface area contributed by atoms with E-state index in [1.807, 2.05) is 36.4 Å². The molecule has 2 rings (SSSR count). The van der Waals surface area contributed by atoms with Crippen molar-refractivity contribution in [3.05, 3.63) is 61.2 Å². The molecule has 0 aliphatic carbocycles. The van der Waals surface area contributed by atoms with Gasteiger partial charge in [-0.1, -0.05) is 12.1 Å². The Bertz CT molecular complexity index is 532. The fourth-order valence-electron chi connectivity index (χ4n) is 0.625. The van der Waals surface area contributed by atoms with E-state index >= 15 is 0 Å². The lowest BCUT2D eigenvalue weighted by Crippen LogP contribution is -1.89. The SMILES string of the molecule is O=S(=O)(O)O.O=S(=O)(O)O.c1ccncc1.c1ccncc1. The van der Waals surface area contributed by atoms with Crippen LogP contribution in [0.1, 0.15) is 0 Å². The molecule has 0 spiro atoms. The molecule has 0 fully saturated rings. The van der Waals surface area contributed by atoms with Gasteiger partial charge < -0.3 is 0 Å². The maximum absolute atomic E-state index is 8.74. The first-order valence-corrected chi connectivity index (χ1v) is 7.89. The Labute approximate surface area is 127 Å². The van der Waals surface area contributed by atoms with Gasteiger partial charge in [0.05, 0.1) is 0 Å². The van der Waals surface area contributed by atoms with Crippen molar-refractivity contribution in [2.24, 2.45) is 0 Å². The molecule has 0 atom stereocenters. The van der Waals surface area contributed by atoms with E-state index in [-0.39, 0.29) is 0 Å². The highest BCUT2D eigenvalue weighted by molar-refractivity contribution is 7.80. The molecule has 0 amide bonds. The number of nitrogens with zero attached hydrogens (tertiary/aromatic N) is 2. The van der Waals surface area contributed by atoms with Crippen LogP contribution in [-0.2, 0) is 20.8 Å². The van der Waals surface area contributed by atoms with Gasteiger partial charge in [-0.2, -0.15) is 16.8 Å². The van der Waals surface area contributed by atoms with Gasteiger partial charge in [-0.3, -0.25) is 28.2 Å². The number of pyridine rings is 2. The van der Waals surface area contributed by atoms with E-state index in [1.165, 1.54) is 0 Å². The molecule has 0 saturated carbocycles. The molecule has 12 heteroatoms. The average Bonchev–Trinajstić information content (AvgIpc) is 2.40. The summed E-state index contributed by atoms with van der Waals surface area (Å²) in [6.07, 6.45) is 7.00. The smallest absolute Gasteiger partial charge is 0.265 e. The number of rotatable bonds is 0. The minimum absolute atomic E-state index is 1.75. The molecule has 2 aromatic heterocycles. The van der Waals surface area contributed by atoms with Crippen LogP contribution in [0.5, 0.6) is 0 Å². The van der Waals surface area contributed by atoms with Gasteiger partial charge in [-0.05, 0) is 24.3 Å². The predicted octanol–water partition coefficient (Wildman–Crippen LogP) is 0.858. The second-order valence-corrected chi connectivity index (χ2v) is 4.74. The van der Waals surface area contributed by atoms with Gasteiger partial charge in [0.25, 0.3) is 0 Å².